The maximum absolute atomic E-state index is 10.1. The Bertz CT molecular complexity index is 944. The number of hydrogen-bond acceptors (Lipinski definition) is 2. The fraction of sp³-hybridized carbons (Fsp3) is 0.364. The minimum Gasteiger partial charge on any atom is -0.508 e. The Hall–Kier alpha value is -2.26. The lowest BCUT2D eigenvalue weighted by Gasteiger charge is -2.50. The van der Waals surface area contributed by atoms with E-state index in [1.54, 1.807) is 6.07 Å². The van der Waals surface area contributed by atoms with Crippen LogP contribution in [0, 0.1) is 5.92 Å². The summed E-state index contributed by atoms with van der Waals surface area (Å²) in [6.07, 6.45) is 3.30. The molecule has 1 fully saturated rings. The Balaban J connectivity index is 1.68. The molecular weight excluding hydrogens is 308 g/mol. The SMILES string of the molecule is CN1CCC2(c3cccc(O)c3)Cc3[nH]c4ccccc4c3CC2C1. The molecule has 1 aliphatic carbocycles. The minimum atomic E-state index is 0.124. The number of para-hydroxylation sites is 1. The summed E-state index contributed by atoms with van der Waals surface area (Å²) in [7, 11) is 2.23. The van der Waals surface area contributed by atoms with Crippen LogP contribution in [0.15, 0.2) is 48.5 Å². The van der Waals surface area contributed by atoms with E-state index in [2.05, 4.69) is 47.3 Å². The van der Waals surface area contributed by atoms with E-state index in [1.165, 1.54) is 27.7 Å². The summed E-state index contributed by atoms with van der Waals surface area (Å²) in [6, 6.07) is 16.7. The van der Waals surface area contributed by atoms with Crippen molar-refractivity contribution >= 4 is 10.9 Å². The molecule has 2 N–H and O–H groups in total. The highest BCUT2D eigenvalue weighted by Crippen LogP contribution is 2.49. The van der Waals surface area contributed by atoms with Gasteiger partial charge in [-0.25, -0.2) is 0 Å². The highest BCUT2D eigenvalue weighted by Gasteiger charge is 2.47. The zero-order valence-electron chi connectivity index (χ0n) is 14.6. The molecule has 5 rings (SSSR count). The predicted octanol–water partition coefficient (Wildman–Crippen LogP) is 3.86. The van der Waals surface area contributed by atoms with E-state index in [9.17, 15) is 5.11 Å². The molecule has 2 unspecified atom stereocenters. The quantitative estimate of drug-likeness (QED) is 0.710. The van der Waals surface area contributed by atoms with Crippen molar-refractivity contribution in [3.8, 4) is 5.75 Å². The van der Waals surface area contributed by atoms with Crippen LogP contribution in [0.2, 0.25) is 0 Å². The molecule has 0 spiro atoms. The number of fused-ring (bicyclic) bond motifs is 4. The molecule has 0 radical (unpaired) electrons. The molecule has 0 bridgehead atoms. The van der Waals surface area contributed by atoms with Crippen LogP contribution in [-0.2, 0) is 18.3 Å². The van der Waals surface area contributed by atoms with Crippen LogP contribution >= 0.6 is 0 Å². The van der Waals surface area contributed by atoms with Gasteiger partial charge in [0.1, 0.15) is 5.75 Å². The molecule has 2 aliphatic rings. The van der Waals surface area contributed by atoms with Crippen LogP contribution in [0.25, 0.3) is 10.9 Å². The van der Waals surface area contributed by atoms with Crippen molar-refractivity contribution in [1.29, 1.82) is 0 Å². The number of phenolic OH excluding ortho intramolecular Hbond substituents is 1. The van der Waals surface area contributed by atoms with Gasteiger partial charge in [-0.15, -0.1) is 0 Å². The monoisotopic (exact) mass is 332 g/mol. The number of hydrogen-bond donors (Lipinski definition) is 2. The summed E-state index contributed by atoms with van der Waals surface area (Å²) in [5.41, 5.74) is 5.58. The predicted molar refractivity (Wildman–Crippen MR) is 101 cm³/mol. The minimum absolute atomic E-state index is 0.124. The lowest BCUT2D eigenvalue weighted by molar-refractivity contribution is 0.0994. The van der Waals surface area contributed by atoms with Crippen molar-refractivity contribution in [2.24, 2.45) is 5.92 Å². The molecule has 128 valence electrons. The summed E-state index contributed by atoms with van der Waals surface area (Å²) < 4.78 is 0. The van der Waals surface area contributed by atoms with Crippen LogP contribution in [0.1, 0.15) is 23.2 Å². The molecule has 2 atom stereocenters. The van der Waals surface area contributed by atoms with Crippen LogP contribution in [0.3, 0.4) is 0 Å². The average Bonchev–Trinajstić information content (AvgIpc) is 2.97. The first-order valence-corrected chi connectivity index (χ1v) is 9.22. The van der Waals surface area contributed by atoms with E-state index < -0.39 is 0 Å². The van der Waals surface area contributed by atoms with Crippen molar-refractivity contribution in [2.45, 2.75) is 24.7 Å². The number of rotatable bonds is 1. The fourth-order valence-electron chi connectivity index (χ4n) is 5.23. The summed E-state index contributed by atoms with van der Waals surface area (Å²) in [5, 5.41) is 11.5. The summed E-state index contributed by atoms with van der Waals surface area (Å²) in [6.45, 7) is 2.23. The Morgan fingerprint density at radius 3 is 2.92 bits per heavy atom. The van der Waals surface area contributed by atoms with Gasteiger partial charge in [0, 0.05) is 28.6 Å². The molecule has 3 heteroatoms. The number of aromatic amines is 1. The number of phenols is 1. The molecule has 1 aliphatic heterocycles. The zero-order chi connectivity index (χ0) is 17.0. The van der Waals surface area contributed by atoms with Gasteiger partial charge in [-0.3, -0.25) is 0 Å². The standard InChI is InChI=1S/C22H24N2O/c1-24-10-9-22(15-5-4-6-17(25)11-15)13-21-19(12-16(22)14-24)18-7-2-3-8-20(18)23-21/h2-8,11,16,23,25H,9-10,12-14H2,1H3. The second kappa shape index (κ2) is 5.37. The van der Waals surface area contributed by atoms with E-state index in [4.69, 9.17) is 0 Å². The lowest BCUT2D eigenvalue weighted by atomic mass is 9.59. The zero-order valence-corrected chi connectivity index (χ0v) is 14.6. The molecular formula is C22H24N2O. The fourth-order valence-corrected chi connectivity index (χ4v) is 5.23. The van der Waals surface area contributed by atoms with E-state index in [0.29, 0.717) is 11.7 Å². The largest absolute Gasteiger partial charge is 0.508 e. The number of aromatic hydroxyl groups is 1. The van der Waals surface area contributed by atoms with Crippen molar-refractivity contribution in [3.05, 3.63) is 65.4 Å². The maximum atomic E-state index is 10.1. The molecule has 0 saturated carbocycles. The first-order chi connectivity index (χ1) is 12.2. The van der Waals surface area contributed by atoms with E-state index in [-0.39, 0.29) is 5.41 Å². The molecule has 2 aromatic carbocycles. The number of piperidine rings is 1. The van der Waals surface area contributed by atoms with Gasteiger partial charge in [-0.05, 0) is 68.1 Å². The van der Waals surface area contributed by atoms with Gasteiger partial charge in [0.25, 0.3) is 0 Å². The molecule has 3 aromatic rings. The number of likely N-dealkylation sites (tertiary alicyclic amines) is 1. The molecule has 0 amide bonds. The average molecular weight is 332 g/mol. The van der Waals surface area contributed by atoms with Gasteiger partial charge < -0.3 is 15.0 Å². The van der Waals surface area contributed by atoms with E-state index in [1.807, 2.05) is 12.1 Å². The Morgan fingerprint density at radius 1 is 1.16 bits per heavy atom. The van der Waals surface area contributed by atoms with E-state index in [0.717, 1.165) is 32.4 Å². The third-order valence-corrected chi connectivity index (χ3v) is 6.52. The van der Waals surface area contributed by atoms with E-state index >= 15 is 0 Å². The Kier molecular flexibility index (Phi) is 3.23. The van der Waals surface area contributed by atoms with Crippen molar-refractivity contribution < 1.29 is 5.11 Å². The van der Waals surface area contributed by atoms with Gasteiger partial charge >= 0.3 is 0 Å². The van der Waals surface area contributed by atoms with Gasteiger partial charge in [0.15, 0.2) is 0 Å². The summed E-state index contributed by atoms with van der Waals surface area (Å²) >= 11 is 0. The van der Waals surface area contributed by atoms with Gasteiger partial charge in [0.05, 0.1) is 0 Å². The number of nitrogens with zero attached hydrogens (tertiary/aromatic N) is 1. The van der Waals surface area contributed by atoms with Crippen LogP contribution in [0.5, 0.6) is 5.75 Å². The first kappa shape index (κ1) is 15.0. The third kappa shape index (κ3) is 2.22. The first-order valence-electron chi connectivity index (χ1n) is 9.22. The number of benzene rings is 2. The Morgan fingerprint density at radius 2 is 2.04 bits per heavy atom. The normalized spacial score (nSPS) is 26.4. The smallest absolute Gasteiger partial charge is 0.115 e. The van der Waals surface area contributed by atoms with Crippen molar-refractivity contribution in [2.75, 3.05) is 20.1 Å². The highest BCUT2D eigenvalue weighted by molar-refractivity contribution is 5.85. The van der Waals surface area contributed by atoms with Gasteiger partial charge in [-0.2, -0.15) is 0 Å². The van der Waals surface area contributed by atoms with Crippen LogP contribution in [-0.4, -0.2) is 35.1 Å². The van der Waals surface area contributed by atoms with Crippen LogP contribution in [0.4, 0.5) is 0 Å². The Labute approximate surface area is 148 Å². The number of H-pyrrole nitrogens is 1. The molecule has 25 heavy (non-hydrogen) atoms. The van der Waals surface area contributed by atoms with Gasteiger partial charge in [0.2, 0.25) is 0 Å². The molecule has 2 heterocycles. The summed E-state index contributed by atoms with van der Waals surface area (Å²) in [5.74, 6) is 0.965. The van der Waals surface area contributed by atoms with Gasteiger partial charge in [-0.1, -0.05) is 30.3 Å². The topological polar surface area (TPSA) is 39.3 Å². The van der Waals surface area contributed by atoms with Crippen LogP contribution < -0.4 is 0 Å². The summed E-state index contributed by atoms with van der Waals surface area (Å²) in [4.78, 5) is 6.16. The molecule has 1 saturated heterocycles. The molecule has 3 nitrogen and oxygen atoms in total. The number of nitrogens with one attached hydrogen (secondary N) is 1. The lowest BCUT2D eigenvalue weighted by Crippen LogP contribution is -2.52. The highest BCUT2D eigenvalue weighted by atomic mass is 16.3. The van der Waals surface area contributed by atoms with Crippen molar-refractivity contribution in [3.63, 3.8) is 0 Å². The second-order valence-corrected chi connectivity index (χ2v) is 7.92. The maximum Gasteiger partial charge on any atom is 0.115 e. The molecule has 1 aromatic heterocycles. The van der Waals surface area contributed by atoms with Crippen molar-refractivity contribution in [1.82, 2.24) is 9.88 Å². The third-order valence-electron chi connectivity index (χ3n) is 6.52. The number of aromatic nitrogens is 1. The second-order valence-electron chi connectivity index (χ2n) is 7.92.